The monoisotopic (exact) mass is 393 g/mol. The van der Waals surface area contributed by atoms with Gasteiger partial charge in [-0.2, -0.15) is 0 Å². The van der Waals surface area contributed by atoms with Gasteiger partial charge in [-0.3, -0.25) is 25.0 Å². The van der Waals surface area contributed by atoms with Crippen LogP contribution in [0.1, 0.15) is 17.3 Å². The van der Waals surface area contributed by atoms with Gasteiger partial charge in [0.15, 0.2) is 0 Å². The van der Waals surface area contributed by atoms with Crippen LogP contribution in [0.25, 0.3) is 11.5 Å². The lowest BCUT2D eigenvalue weighted by atomic mass is 10.2. The average molecular weight is 393 g/mol. The van der Waals surface area contributed by atoms with Crippen LogP contribution in [0, 0.1) is 10.1 Å². The van der Waals surface area contributed by atoms with Crippen molar-refractivity contribution in [3.63, 3.8) is 0 Å². The SMILES string of the molecule is C/C=C/C(=O)Nc1ccc(C(=O)Nc2nnc(-c3ccc([N+](=O)[O-])cc3)o2)cc1. The fourth-order valence-electron chi connectivity index (χ4n) is 2.33. The summed E-state index contributed by atoms with van der Waals surface area (Å²) in [5.41, 5.74) is 1.28. The van der Waals surface area contributed by atoms with Crippen LogP contribution in [-0.4, -0.2) is 26.9 Å². The van der Waals surface area contributed by atoms with E-state index in [1.165, 1.54) is 42.5 Å². The Morgan fingerprint density at radius 2 is 1.72 bits per heavy atom. The largest absolute Gasteiger partial charge is 0.403 e. The van der Waals surface area contributed by atoms with Gasteiger partial charge >= 0.3 is 6.01 Å². The topological polar surface area (TPSA) is 140 Å². The lowest BCUT2D eigenvalue weighted by Gasteiger charge is -2.04. The molecule has 0 aliphatic heterocycles. The maximum Gasteiger partial charge on any atom is 0.322 e. The van der Waals surface area contributed by atoms with E-state index in [9.17, 15) is 19.7 Å². The number of rotatable bonds is 6. The van der Waals surface area contributed by atoms with Crippen molar-refractivity contribution in [3.8, 4) is 11.5 Å². The highest BCUT2D eigenvalue weighted by Gasteiger charge is 2.14. The lowest BCUT2D eigenvalue weighted by Crippen LogP contribution is -2.12. The Balaban J connectivity index is 1.65. The van der Waals surface area contributed by atoms with Gasteiger partial charge < -0.3 is 9.73 Å². The summed E-state index contributed by atoms with van der Waals surface area (Å²) < 4.78 is 5.38. The van der Waals surface area contributed by atoms with Gasteiger partial charge in [0, 0.05) is 28.9 Å². The molecular weight excluding hydrogens is 378 g/mol. The minimum atomic E-state index is -0.513. The molecule has 0 atom stereocenters. The van der Waals surface area contributed by atoms with Crippen LogP contribution in [-0.2, 0) is 4.79 Å². The number of nitro benzene ring substituents is 1. The van der Waals surface area contributed by atoms with E-state index in [2.05, 4.69) is 20.8 Å². The molecule has 0 aliphatic rings. The molecule has 146 valence electrons. The standard InChI is InChI=1S/C19H15N5O5/c1-2-3-16(25)20-14-8-4-12(5-9-14)17(26)21-19-23-22-18(29-19)13-6-10-15(11-7-13)24(27)28/h2-11H,1H3,(H,20,25)(H,21,23,26)/b3-2+. The van der Waals surface area contributed by atoms with E-state index in [0.29, 0.717) is 16.8 Å². The quantitative estimate of drug-likeness (QED) is 0.371. The van der Waals surface area contributed by atoms with Gasteiger partial charge in [-0.25, -0.2) is 0 Å². The number of hydrogen-bond donors (Lipinski definition) is 2. The van der Waals surface area contributed by atoms with Crippen LogP contribution in [0.2, 0.25) is 0 Å². The number of carbonyl (C=O) groups is 2. The van der Waals surface area contributed by atoms with E-state index in [0.717, 1.165) is 0 Å². The fourth-order valence-corrected chi connectivity index (χ4v) is 2.33. The Labute approximate surface area is 164 Å². The van der Waals surface area contributed by atoms with E-state index in [-0.39, 0.29) is 23.5 Å². The summed E-state index contributed by atoms with van der Waals surface area (Å²) in [4.78, 5) is 34.0. The van der Waals surface area contributed by atoms with E-state index >= 15 is 0 Å². The number of carbonyl (C=O) groups excluding carboxylic acids is 2. The third-order valence-corrected chi connectivity index (χ3v) is 3.70. The van der Waals surface area contributed by atoms with Crippen LogP contribution in [0.4, 0.5) is 17.4 Å². The average Bonchev–Trinajstić information content (AvgIpc) is 3.17. The molecule has 2 aromatic carbocycles. The van der Waals surface area contributed by atoms with E-state index in [4.69, 9.17) is 4.42 Å². The highest BCUT2D eigenvalue weighted by atomic mass is 16.6. The number of nitro groups is 1. The van der Waals surface area contributed by atoms with Crippen molar-refractivity contribution >= 4 is 29.2 Å². The summed E-state index contributed by atoms with van der Waals surface area (Å²) in [6.07, 6.45) is 3.01. The zero-order chi connectivity index (χ0) is 20.8. The van der Waals surface area contributed by atoms with Gasteiger partial charge in [-0.15, -0.1) is 5.10 Å². The normalized spacial score (nSPS) is 10.7. The van der Waals surface area contributed by atoms with Crippen LogP contribution >= 0.6 is 0 Å². The molecule has 0 aliphatic carbocycles. The van der Waals surface area contributed by atoms with Crippen molar-refractivity contribution in [2.24, 2.45) is 0 Å². The smallest absolute Gasteiger partial charge is 0.322 e. The number of hydrogen-bond acceptors (Lipinski definition) is 7. The van der Waals surface area contributed by atoms with E-state index in [1.54, 1.807) is 25.1 Å². The van der Waals surface area contributed by atoms with Crippen LogP contribution in [0.15, 0.2) is 65.1 Å². The molecule has 3 aromatic rings. The van der Waals surface area contributed by atoms with Gasteiger partial charge in [-0.1, -0.05) is 11.2 Å². The molecule has 0 saturated heterocycles. The molecule has 1 aromatic heterocycles. The highest BCUT2D eigenvalue weighted by molar-refractivity contribution is 6.04. The van der Waals surface area contributed by atoms with Crippen LogP contribution in [0.3, 0.4) is 0 Å². The summed E-state index contributed by atoms with van der Waals surface area (Å²) in [5.74, 6) is -0.637. The summed E-state index contributed by atoms with van der Waals surface area (Å²) in [5, 5.41) is 23.4. The molecular formula is C19H15N5O5. The molecule has 10 nitrogen and oxygen atoms in total. The van der Waals surface area contributed by atoms with Crippen LogP contribution < -0.4 is 10.6 Å². The summed E-state index contributed by atoms with van der Waals surface area (Å²) in [6.45, 7) is 1.73. The third-order valence-electron chi connectivity index (χ3n) is 3.70. The first-order valence-electron chi connectivity index (χ1n) is 8.39. The maximum absolute atomic E-state index is 12.3. The molecule has 0 saturated carbocycles. The molecule has 29 heavy (non-hydrogen) atoms. The van der Waals surface area contributed by atoms with Crippen molar-refractivity contribution in [1.29, 1.82) is 0 Å². The molecule has 0 fully saturated rings. The number of amides is 2. The van der Waals surface area contributed by atoms with Gasteiger partial charge in [0.2, 0.25) is 11.8 Å². The van der Waals surface area contributed by atoms with E-state index in [1.807, 2.05) is 0 Å². The predicted octanol–water partition coefficient (Wildman–Crippen LogP) is 3.41. The van der Waals surface area contributed by atoms with Crippen molar-refractivity contribution in [3.05, 3.63) is 76.4 Å². The van der Waals surface area contributed by atoms with Crippen LogP contribution in [0.5, 0.6) is 0 Å². The second kappa shape index (κ2) is 8.57. The summed E-state index contributed by atoms with van der Waals surface area (Å²) in [6, 6.07) is 11.7. The van der Waals surface area contributed by atoms with Crippen molar-refractivity contribution in [2.75, 3.05) is 10.6 Å². The van der Waals surface area contributed by atoms with Gasteiger partial charge in [0.05, 0.1) is 4.92 Å². The molecule has 3 rings (SSSR count). The molecule has 0 bridgehead atoms. The Morgan fingerprint density at radius 3 is 2.34 bits per heavy atom. The second-order valence-electron chi connectivity index (χ2n) is 5.74. The molecule has 0 spiro atoms. The first-order chi connectivity index (χ1) is 14.0. The number of anilines is 2. The first kappa shape index (κ1) is 19.4. The molecule has 1 heterocycles. The van der Waals surface area contributed by atoms with Gasteiger partial charge in [0.1, 0.15) is 0 Å². The zero-order valence-corrected chi connectivity index (χ0v) is 15.2. The van der Waals surface area contributed by atoms with Crippen molar-refractivity contribution < 1.29 is 18.9 Å². The minimum Gasteiger partial charge on any atom is -0.403 e. The minimum absolute atomic E-state index is 0.0628. The molecule has 2 amide bonds. The maximum atomic E-state index is 12.3. The molecule has 2 N–H and O–H groups in total. The summed E-state index contributed by atoms with van der Waals surface area (Å²) >= 11 is 0. The molecule has 10 heteroatoms. The molecule has 0 unspecified atom stereocenters. The number of nitrogens with zero attached hydrogens (tertiary/aromatic N) is 3. The first-order valence-corrected chi connectivity index (χ1v) is 8.39. The Bertz CT molecular complexity index is 1070. The number of allylic oxidation sites excluding steroid dienone is 1. The Morgan fingerprint density at radius 1 is 1.03 bits per heavy atom. The van der Waals surface area contributed by atoms with Gasteiger partial charge in [-0.05, 0) is 49.4 Å². The van der Waals surface area contributed by atoms with Crippen molar-refractivity contribution in [2.45, 2.75) is 6.92 Å². The number of benzene rings is 2. The fraction of sp³-hybridized carbons (Fsp3) is 0.0526. The lowest BCUT2D eigenvalue weighted by molar-refractivity contribution is -0.384. The zero-order valence-electron chi connectivity index (χ0n) is 15.2. The number of non-ortho nitro benzene ring substituents is 1. The number of nitrogens with one attached hydrogen (secondary N) is 2. The highest BCUT2D eigenvalue weighted by Crippen LogP contribution is 2.23. The van der Waals surface area contributed by atoms with Gasteiger partial charge in [0.25, 0.3) is 11.6 Å². The van der Waals surface area contributed by atoms with E-state index < -0.39 is 10.8 Å². The Kier molecular flexibility index (Phi) is 5.74. The van der Waals surface area contributed by atoms with Crippen molar-refractivity contribution in [1.82, 2.24) is 10.2 Å². The Hall–Kier alpha value is -4.34. The second-order valence-corrected chi connectivity index (χ2v) is 5.74. The summed E-state index contributed by atoms with van der Waals surface area (Å²) in [7, 11) is 0. The third kappa shape index (κ3) is 4.89. The molecule has 0 radical (unpaired) electrons. The predicted molar refractivity (Wildman–Crippen MR) is 104 cm³/mol. The number of aromatic nitrogens is 2.